The number of nitro benzene ring substituents is 1. The largest absolute Gasteiger partial charge is 0.457 e. The zero-order valence-corrected chi connectivity index (χ0v) is 14.3. The second-order valence-electron chi connectivity index (χ2n) is 5.30. The Labute approximate surface area is 146 Å². The van der Waals surface area contributed by atoms with Crippen molar-refractivity contribution >= 4 is 15.7 Å². The first-order chi connectivity index (χ1) is 11.9. The normalized spacial score (nSPS) is 12.2. The van der Waals surface area contributed by atoms with Gasteiger partial charge in [0.2, 0.25) is 10.0 Å². The van der Waals surface area contributed by atoms with Crippen molar-refractivity contribution in [2.24, 2.45) is 0 Å². The Morgan fingerprint density at radius 3 is 2.12 bits per heavy atom. The third-order valence-corrected chi connectivity index (χ3v) is 5.14. The van der Waals surface area contributed by atoms with Gasteiger partial charge in [-0.1, -0.05) is 0 Å². The first kappa shape index (κ1) is 19.7. The molecule has 0 atom stereocenters. The average molecular weight is 390 g/mol. The lowest BCUT2D eigenvalue weighted by Gasteiger charge is -2.14. The smallest absolute Gasteiger partial charge is 0.420 e. The topological polar surface area (TPSA) is 89.8 Å². The summed E-state index contributed by atoms with van der Waals surface area (Å²) in [5.41, 5.74) is -2.03. The summed E-state index contributed by atoms with van der Waals surface area (Å²) in [6.07, 6.45) is -4.87. The van der Waals surface area contributed by atoms with Crippen LogP contribution in [-0.2, 0) is 16.2 Å². The minimum absolute atomic E-state index is 0.0536. The zero-order chi connectivity index (χ0) is 19.7. The number of nitrogens with zero attached hydrogens (tertiary/aromatic N) is 2. The number of alkyl halides is 3. The minimum Gasteiger partial charge on any atom is -0.457 e. The van der Waals surface area contributed by atoms with Crippen LogP contribution in [0.15, 0.2) is 47.4 Å². The maximum atomic E-state index is 13.1. The summed E-state index contributed by atoms with van der Waals surface area (Å²) in [6, 6.07) is 6.85. The second-order valence-corrected chi connectivity index (χ2v) is 7.45. The number of hydrogen-bond donors (Lipinski definition) is 0. The lowest BCUT2D eigenvalue weighted by Crippen LogP contribution is -2.22. The highest BCUT2D eigenvalue weighted by molar-refractivity contribution is 7.89. The molecule has 2 aromatic rings. The molecule has 0 heterocycles. The molecule has 0 aliphatic carbocycles. The molecule has 0 aliphatic heterocycles. The number of hydrogen-bond acceptors (Lipinski definition) is 5. The summed E-state index contributed by atoms with van der Waals surface area (Å²) in [5, 5.41) is 10.7. The van der Waals surface area contributed by atoms with Crippen LogP contribution in [0.1, 0.15) is 5.56 Å². The molecule has 0 saturated heterocycles. The highest BCUT2D eigenvalue weighted by atomic mass is 32.2. The monoisotopic (exact) mass is 390 g/mol. The molecule has 0 bridgehead atoms. The van der Waals surface area contributed by atoms with Crippen molar-refractivity contribution < 1.29 is 31.2 Å². The fourth-order valence-corrected chi connectivity index (χ4v) is 2.86. The lowest BCUT2D eigenvalue weighted by atomic mass is 10.1. The molecule has 140 valence electrons. The fraction of sp³-hybridized carbons (Fsp3) is 0.200. The van der Waals surface area contributed by atoms with E-state index in [-0.39, 0.29) is 10.6 Å². The van der Waals surface area contributed by atoms with Crippen LogP contribution in [-0.4, -0.2) is 31.7 Å². The molecule has 26 heavy (non-hydrogen) atoms. The van der Waals surface area contributed by atoms with Gasteiger partial charge in [0.1, 0.15) is 17.1 Å². The van der Waals surface area contributed by atoms with Crippen LogP contribution in [0.25, 0.3) is 0 Å². The van der Waals surface area contributed by atoms with Crippen LogP contribution in [0.5, 0.6) is 11.5 Å². The van der Waals surface area contributed by atoms with Crippen LogP contribution in [0, 0.1) is 10.1 Å². The number of ether oxygens (including phenoxy) is 1. The first-order valence-corrected chi connectivity index (χ1v) is 8.43. The Bertz CT molecular complexity index is 925. The number of halogens is 3. The number of non-ortho nitro benzene ring substituents is 1. The van der Waals surface area contributed by atoms with E-state index in [1.807, 2.05) is 0 Å². The number of benzene rings is 2. The van der Waals surface area contributed by atoms with Crippen molar-refractivity contribution in [2.45, 2.75) is 11.1 Å². The van der Waals surface area contributed by atoms with Gasteiger partial charge in [-0.05, 0) is 30.3 Å². The zero-order valence-electron chi connectivity index (χ0n) is 13.5. The third kappa shape index (κ3) is 4.11. The molecular formula is C15H13F3N2O5S. The molecule has 0 radical (unpaired) electrons. The van der Waals surface area contributed by atoms with Gasteiger partial charge >= 0.3 is 6.18 Å². The third-order valence-electron chi connectivity index (χ3n) is 3.31. The van der Waals surface area contributed by atoms with E-state index in [2.05, 4.69) is 0 Å². The van der Waals surface area contributed by atoms with Crippen molar-refractivity contribution in [2.75, 3.05) is 14.1 Å². The van der Waals surface area contributed by atoms with Crippen molar-refractivity contribution in [3.05, 3.63) is 58.1 Å². The quantitative estimate of drug-likeness (QED) is 0.574. The van der Waals surface area contributed by atoms with E-state index < -0.39 is 38.1 Å². The molecule has 0 unspecified atom stereocenters. The number of nitro groups is 1. The Kier molecular flexibility index (Phi) is 5.23. The van der Waals surface area contributed by atoms with E-state index in [1.54, 1.807) is 0 Å². The molecule has 2 aromatic carbocycles. The Morgan fingerprint density at radius 2 is 1.65 bits per heavy atom. The van der Waals surface area contributed by atoms with Crippen LogP contribution in [0.3, 0.4) is 0 Å². The lowest BCUT2D eigenvalue weighted by molar-refractivity contribution is -0.385. The fourth-order valence-electron chi connectivity index (χ4n) is 1.96. The van der Waals surface area contributed by atoms with Gasteiger partial charge in [-0.25, -0.2) is 12.7 Å². The van der Waals surface area contributed by atoms with Gasteiger partial charge in [0.15, 0.2) is 0 Å². The standard InChI is InChI=1S/C15H13F3N2O5S/c1-19(2)26(23,24)12-6-4-11(5-7-12)25-14-8-3-10(20(21)22)9-13(14)15(16,17)18/h3-9H,1-2H3. The summed E-state index contributed by atoms with van der Waals surface area (Å²) in [6.45, 7) is 0. The molecule has 0 fully saturated rings. The van der Waals surface area contributed by atoms with Crippen molar-refractivity contribution in [3.63, 3.8) is 0 Å². The van der Waals surface area contributed by atoms with Crippen LogP contribution in [0.2, 0.25) is 0 Å². The maximum Gasteiger partial charge on any atom is 0.420 e. The summed E-state index contributed by atoms with van der Waals surface area (Å²) in [4.78, 5) is 9.67. The van der Waals surface area contributed by atoms with Gasteiger partial charge in [-0.15, -0.1) is 0 Å². The van der Waals surface area contributed by atoms with E-state index in [4.69, 9.17) is 4.74 Å². The van der Waals surface area contributed by atoms with E-state index >= 15 is 0 Å². The molecule has 7 nitrogen and oxygen atoms in total. The Morgan fingerprint density at radius 1 is 1.08 bits per heavy atom. The van der Waals surface area contributed by atoms with Crippen LogP contribution in [0.4, 0.5) is 18.9 Å². The molecule has 0 amide bonds. The molecule has 11 heteroatoms. The van der Waals surface area contributed by atoms with E-state index in [0.29, 0.717) is 6.07 Å². The van der Waals surface area contributed by atoms with Gasteiger partial charge in [0.05, 0.1) is 9.82 Å². The van der Waals surface area contributed by atoms with Gasteiger partial charge < -0.3 is 4.74 Å². The minimum atomic E-state index is -4.87. The molecule has 0 spiro atoms. The summed E-state index contributed by atoms with van der Waals surface area (Å²) in [5.74, 6) is -0.687. The van der Waals surface area contributed by atoms with E-state index in [9.17, 15) is 31.7 Å². The SMILES string of the molecule is CN(C)S(=O)(=O)c1ccc(Oc2ccc([N+](=O)[O-])cc2C(F)(F)F)cc1. The Balaban J connectivity index is 2.38. The number of sulfonamides is 1. The second kappa shape index (κ2) is 6.92. The van der Waals surface area contributed by atoms with Gasteiger partial charge in [-0.2, -0.15) is 13.2 Å². The summed E-state index contributed by atoms with van der Waals surface area (Å²) >= 11 is 0. The van der Waals surface area contributed by atoms with E-state index in [1.165, 1.54) is 38.4 Å². The average Bonchev–Trinajstić information content (AvgIpc) is 2.54. The van der Waals surface area contributed by atoms with Crippen LogP contribution < -0.4 is 4.74 Å². The predicted molar refractivity (Wildman–Crippen MR) is 85.5 cm³/mol. The molecule has 0 aliphatic rings. The van der Waals surface area contributed by atoms with Gasteiger partial charge in [0, 0.05) is 26.2 Å². The summed E-state index contributed by atoms with van der Waals surface area (Å²) < 4.78 is 69.4. The molecule has 2 rings (SSSR count). The van der Waals surface area contributed by atoms with E-state index in [0.717, 1.165) is 16.4 Å². The van der Waals surface area contributed by atoms with Gasteiger partial charge in [-0.3, -0.25) is 10.1 Å². The molecular weight excluding hydrogens is 377 g/mol. The van der Waals surface area contributed by atoms with Gasteiger partial charge in [0.25, 0.3) is 5.69 Å². The highest BCUT2D eigenvalue weighted by Gasteiger charge is 2.36. The van der Waals surface area contributed by atoms with Crippen molar-refractivity contribution in [1.29, 1.82) is 0 Å². The molecule has 0 saturated carbocycles. The molecule has 0 aromatic heterocycles. The highest BCUT2D eigenvalue weighted by Crippen LogP contribution is 2.40. The predicted octanol–water partition coefficient (Wildman–Crippen LogP) is 3.66. The Hall–Kier alpha value is -2.66. The number of rotatable bonds is 5. The van der Waals surface area contributed by atoms with Crippen molar-refractivity contribution in [1.82, 2.24) is 4.31 Å². The van der Waals surface area contributed by atoms with Crippen molar-refractivity contribution in [3.8, 4) is 11.5 Å². The van der Waals surface area contributed by atoms with Crippen LogP contribution >= 0.6 is 0 Å². The molecule has 0 N–H and O–H groups in total. The maximum absolute atomic E-state index is 13.1. The summed E-state index contributed by atoms with van der Waals surface area (Å²) in [7, 11) is -1.01. The first-order valence-electron chi connectivity index (χ1n) is 6.99.